The highest BCUT2D eigenvalue weighted by Crippen LogP contribution is 2.10. The fourth-order valence-electron chi connectivity index (χ4n) is 1.26. The van der Waals surface area contributed by atoms with E-state index in [2.05, 4.69) is 5.32 Å². The van der Waals surface area contributed by atoms with Crippen LogP contribution in [0.4, 0.5) is 4.39 Å². The van der Waals surface area contributed by atoms with Crippen LogP contribution in [0.2, 0.25) is 0 Å². The average molecular weight is 258 g/mol. The summed E-state index contributed by atoms with van der Waals surface area (Å²) in [6.07, 6.45) is 0. The van der Waals surface area contributed by atoms with Gasteiger partial charge < -0.3 is 5.32 Å². The number of rotatable bonds is 4. The van der Waals surface area contributed by atoms with E-state index in [4.69, 9.17) is 11.6 Å². The predicted molar refractivity (Wildman–Crippen MR) is 67.9 cm³/mol. The molecule has 0 aliphatic rings. The van der Waals surface area contributed by atoms with Crippen molar-refractivity contribution in [3.8, 4) is 0 Å². The summed E-state index contributed by atoms with van der Waals surface area (Å²) in [6, 6.07) is 4.43. The molecule has 1 N–H and O–H groups in total. The molecule has 0 aliphatic heterocycles. The summed E-state index contributed by atoms with van der Waals surface area (Å²) in [4.78, 5) is 11.7. The van der Waals surface area contributed by atoms with Crippen molar-refractivity contribution in [2.75, 3.05) is 6.54 Å². The van der Waals surface area contributed by atoms with E-state index in [1.807, 2.05) is 13.8 Å². The monoisotopic (exact) mass is 257 g/mol. The molecule has 0 radical (unpaired) electrons. The van der Waals surface area contributed by atoms with Gasteiger partial charge in [-0.2, -0.15) is 0 Å². The lowest BCUT2D eigenvalue weighted by atomic mass is 10.1. The van der Waals surface area contributed by atoms with Crippen LogP contribution in [-0.2, 0) is 0 Å². The molecule has 0 fully saturated rings. The van der Waals surface area contributed by atoms with Crippen molar-refractivity contribution in [3.63, 3.8) is 0 Å². The smallest absolute Gasteiger partial charge is 0.251 e. The molecular formula is C13H17ClFNO. The lowest BCUT2D eigenvalue weighted by Gasteiger charge is -2.14. The van der Waals surface area contributed by atoms with Gasteiger partial charge in [-0.05, 0) is 30.5 Å². The molecule has 1 aromatic rings. The van der Waals surface area contributed by atoms with Crippen LogP contribution in [0.5, 0.6) is 0 Å². The van der Waals surface area contributed by atoms with Gasteiger partial charge in [-0.15, -0.1) is 11.6 Å². The summed E-state index contributed by atoms with van der Waals surface area (Å²) in [5.41, 5.74) is 0.847. The number of halogens is 2. The number of benzene rings is 1. The van der Waals surface area contributed by atoms with Crippen molar-refractivity contribution in [2.45, 2.75) is 26.1 Å². The van der Waals surface area contributed by atoms with E-state index in [-0.39, 0.29) is 23.0 Å². The van der Waals surface area contributed by atoms with Gasteiger partial charge >= 0.3 is 0 Å². The topological polar surface area (TPSA) is 29.1 Å². The summed E-state index contributed by atoms with van der Waals surface area (Å²) in [7, 11) is 0. The zero-order chi connectivity index (χ0) is 13.0. The molecule has 0 heterocycles. The van der Waals surface area contributed by atoms with Crippen LogP contribution in [0, 0.1) is 18.7 Å². The Morgan fingerprint density at radius 1 is 1.47 bits per heavy atom. The van der Waals surface area contributed by atoms with Gasteiger partial charge in [-0.25, -0.2) is 4.39 Å². The van der Waals surface area contributed by atoms with E-state index < -0.39 is 0 Å². The van der Waals surface area contributed by atoms with Crippen molar-refractivity contribution in [1.82, 2.24) is 5.32 Å². The SMILES string of the molecule is Cc1ccc(C(=O)NCC(Cl)C(C)C)cc1F. The molecule has 0 spiro atoms. The Balaban J connectivity index is 2.61. The van der Waals surface area contributed by atoms with E-state index in [9.17, 15) is 9.18 Å². The molecule has 1 unspecified atom stereocenters. The number of carbonyl (C=O) groups excluding carboxylic acids is 1. The molecule has 0 aliphatic carbocycles. The molecule has 0 saturated carbocycles. The lowest BCUT2D eigenvalue weighted by Crippen LogP contribution is -2.32. The fourth-order valence-corrected chi connectivity index (χ4v) is 1.34. The first kappa shape index (κ1) is 14.0. The average Bonchev–Trinajstić information content (AvgIpc) is 2.28. The molecule has 0 bridgehead atoms. The number of alkyl halides is 1. The first-order valence-electron chi connectivity index (χ1n) is 5.60. The Hall–Kier alpha value is -1.09. The van der Waals surface area contributed by atoms with Crippen molar-refractivity contribution < 1.29 is 9.18 Å². The summed E-state index contributed by atoms with van der Waals surface area (Å²) in [6.45, 7) is 6.00. The lowest BCUT2D eigenvalue weighted by molar-refractivity contribution is 0.0952. The molecular weight excluding hydrogens is 241 g/mol. The van der Waals surface area contributed by atoms with E-state index in [0.717, 1.165) is 0 Å². The second kappa shape index (κ2) is 6.01. The Kier molecular flexibility index (Phi) is 4.94. The first-order valence-corrected chi connectivity index (χ1v) is 6.04. The highest BCUT2D eigenvalue weighted by molar-refractivity contribution is 6.21. The maximum Gasteiger partial charge on any atom is 0.251 e. The predicted octanol–water partition coefficient (Wildman–Crippen LogP) is 3.13. The minimum absolute atomic E-state index is 0.116. The number of amides is 1. The van der Waals surface area contributed by atoms with Gasteiger partial charge in [0.1, 0.15) is 5.82 Å². The fraction of sp³-hybridized carbons (Fsp3) is 0.462. The second-order valence-corrected chi connectivity index (χ2v) is 4.99. The van der Waals surface area contributed by atoms with Crippen molar-refractivity contribution in [3.05, 3.63) is 35.1 Å². The standard InChI is InChI=1S/C13H17ClFNO/c1-8(2)11(14)7-16-13(17)10-5-4-9(3)12(15)6-10/h4-6,8,11H,7H2,1-3H3,(H,16,17). The van der Waals surface area contributed by atoms with Gasteiger partial charge in [-0.3, -0.25) is 4.79 Å². The molecule has 1 atom stereocenters. The summed E-state index contributed by atoms with van der Waals surface area (Å²) < 4.78 is 13.3. The molecule has 17 heavy (non-hydrogen) atoms. The minimum Gasteiger partial charge on any atom is -0.351 e. The summed E-state index contributed by atoms with van der Waals surface area (Å²) in [5.74, 6) is -0.383. The number of aryl methyl sites for hydroxylation is 1. The molecule has 1 amide bonds. The number of carbonyl (C=O) groups is 1. The van der Waals surface area contributed by atoms with Crippen molar-refractivity contribution in [2.24, 2.45) is 5.92 Å². The largest absolute Gasteiger partial charge is 0.351 e. The second-order valence-electron chi connectivity index (χ2n) is 4.43. The van der Waals surface area contributed by atoms with Gasteiger partial charge in [0.15, 0.2) is 0 Å². The first-order chi connectivity index (χ1) is 7.91. The molecule has 1 rings (SSSR count). The van der Waals surface area contributed by atoms with Crippen molar-refractivity contribution >= 4 is 17.5 Å². The zero-order valence-electron chi connectivity index (χ0n) is 10.3. The molecule has 94 valence electrons. The van der Waals surface area contributed by atoms with Crippen LogP contribution >= 0.6 is 11.6 Å². The highest BCUT2D eigenvalue weighted by atomic mass is 35.5. The Labute approximate surface area is 106 Å². The number of hydrogen-bond donors (Lipinski definition) is 1. The van der Waals surface area contributed by atoms with Crippen LogP contribution in [0.1, 0.15) is 29.8 Å². The third-order valence-corrected chi connectivity index (χ3v) is 3.27. The Morgan fingerprint density at radius 2 is 2.12 bits per heavy atom. The normalized spacial score (nSPS) is 12.6. The number of nitrogens with one attached hydrogen (secondary N) is 1. The Bertz CT molecular complexity index is 406. The van der Waals surface area contributed by atoms with Crippen LogP contribution in [0.15, 0.2) is 18.2 Å². The van der Waals surface area contributed by atoms with Gasteiger partial charge in [0.25, 0.3) is 5.91 Å². The van der Waals surface area contributed by atoms with Crippen molar-refractivity contribution in [1.29, 1.82) is 0 Å². The third kappa shape index (κ3) is 4.00. The van der Waals surface area contributed by atoms with Gasteiger partial charge in [0.05, 0.1) is 5.38 Å². The van der Waals surface area contributed by atoms with Crippen LogP contribution in [-0.4, -0.2) is 17.8 Å². The Morgan fingerprint density at radius 3 is 2.65 bits per heavy atom. The van der Waals surface area contributed by atoms with E-state index in [0.29, 0.717) is 17.7 Å². The van der Waals surface area contributed by atoms with Crippen LogP contribution in [0.3, 0.4) is 0 Å². The van der Waals surface area contributed by atoms with Crippen LogP contribution < -0.4 is 5.32 Å². The maximum absolute atomic E-state index is 13.3. The van der Waals surface area contributed by atoms with Gasteiger partial charge in [0, 0.05) is 12.1 Å². The molecule has 4 heteroatoms. The number of hydrogen-bond acceptors (Lipinski definition) is 1. The van der Waals surface area contributed by atoms with Crippen LogP contribution in [0.25, 0.3) is 0 Å². The molecule has 0 saturated heterocycles. The maximum atomic E-state index is 13.3. The minimum atomic E-state index is -0.371. The molecule has 0 aromatic heterocycles. The molecule has 2 nitrogen and oxygen atoms in total. The summed E-state index contributed by atoms with van der Waals surface area (Å²) in [5, 5.41) is 2.57. The van der Waals surface area contributed by atoms with E-state index in [1.165, 1.54) is 6.07 Å². The molecule has 1 aromatic carbocycles. The zero-order valence-corrected chi connectivity index (χ0v) is 11.0. The quantitative estimate of drug-likeness (QED) is 0.825. The third-order valence-electron chi connectivity index (χ3n) is 2.62. The summed E-state index contributed by atoms with van der Waals surface area (Å²) >= 11 is 6.01. The van der Waals surface area contributed by atoms with Gasteiger partial charge in [0.2, 0.25) is 0 Å². The van der Waals surface area contributed by atoms with Gasteiger partial charge in [-0.1, -0.05) is 19.9 Å². The van der Waals surface area contributed by atoms with E-state index in [1.54, 1.807) is 19.1 Å². The highest BCUT2D eigenvalue weighted by Gasteiger charge is 2.12. The van der Waals surface area contributed by atoms with E-state index >= 15 is 0 Å².